The first-order chi connectivity index (χ1) is 8.63. The van der Waals surface area contributed by atoms with Crippen molar-refractivity contribution in [2.45, 2.75) is 18.9 Å². The van der Waals surface area contributed by atoms with Gasteiger partial charge in [-0.1, -0.05) is 11.6 Å². The molecule has 0 bridgehead atoms. The molecule has 0 aromatic heterocycles. The maximum absolute atomic E-state index is 13.1. The van der Waals surface area contributed by atoms with Gasteiger partial charge in [0.15, 0.2) is 0 Å². The molecule has 100 valence electrons. The minimum absolute atomic E-state index is 0.353. The van der Waals surface area contributed by atoms with Gasteiger partial charge in [0.05, 0.1) is 6.10 Å². The molecule has 1 fully saturated rings. The van der Waals surface area contributed by atoms with E-state index in [1.165, 1.54) is 25.0 Å². The molecule has 1 unspecified atom stereocenters. The van der Waals surface area contributed by atoms with Crippen LogP contribution in [0.25, 0.3) is 0 Å². The van der Waals surface area contributed by atoms with Gasteiger partial charge in [-0.25, -0.2) is 4.39 Å². The highest BCUT2D eigenvalue weighted by Crippen LogP contribution is 2.18. The number of hydrogen-bond acceptors (Lipinski definition) is 3. The zero-order valence-corrected chi connectivity index (χ0v) is 11.0. The topological polar surface area (TPSA) is 35.5 Å². The van der Waals surface area contributed by atoms with Crippen molar-refractivity contribution in [2.24, 2.45) is 0 Å². The summed E-state index contributed by atoms with van der Waals surface area (Å²) in [6.07, 6.45) is 1.96. The van der Waals surface area contributed by atoms with E-state index in [0.29, 0.717) is 23.8 Å². The standard InChI is InChI=1S/C13H18ClFN2O/c14-10-5-11(15)7-12(6-10)16-8-13(18)9-17-3-1-2-4-17/h5-7,13,16,18H,1-4,8-9H2. The number of nitrogens with zero attached hydrogens (tertiary/aromatic N) is 1. The molecular weight excluding hydrogens is 255 g/mol. The molecule has 2 N–H and O–H groups in total. The predicted molar refractivity (Wildman–Crippen MR) is 71.6 cm³/mol. The van der Waals surface area contributed by atoms with E-state index in [2.05, 4.69) is 10.2 Å². The van der Waals surface area contributed by atoms with E-state index in [0.717, 1.165) is 13.1 Å². The van der Waals surface area contributed by atoms with E-state index in [1.807, 2.05) is 0 Å². The number of anilines is 1. The molecule has 0 aliphatic carbocycles. The third-order valence-corrected chi connectivity index (χ3v) is 3.29. The Kier molecular flexibility index (Phi) is 4.80. The van der Waals surface area contributed by atoms with Crippen molar-refractivity contribution in [1.82, 2.24) is 4.90 Å². The van der Waals surface area contributed by atoms with Crippen LogP contribution in [0.15, 0.2) is 18.2 Å². The Morgan fingerprint density at radius 1 is 1.33 bits per heavy atom. The van der Waals surface area contributed by atoms with Gasteiger partial charge in [-0.3, -0.25) is 0 Å². The SMILES string of the molecule is OC(CNc1cc(F)cc(Cl)c1)CN1CCCC1. The highest BCUT2D eigenvalue weighted by atomic mass is 35.5. The number of aliphatic hydroxyl groups is 1. The van der Waals surface area contributed by atoms with Crippen LogP contribution in [-0.4, -0.2) is 42.3 Å². The maximum Gasteiger partial charge on any atom is 0.126 e. The van der Waals surface area contributed by atoms with Crippen molar-refractivity contribution in [3.8, 4) is 0 Å². The Morgan fingerprint density at radius 3 is 2.72 bits per heavy atom. The highest BCUT2D eigenvalue weighted by molar-refractivity contribution is 6.30. The number of rotatable bonds is 5. The average molecular weight is 273 g/mol. The van der Waals surface area contributed by atoms with Crippen LogP contribution in [0.2, 0.25) is 5.02 Å². The first-order valence-electron chi connectivity index (χ1n) is 6.24. The fraction of sp³-hybridized carbons (Fsp3) is 0.538. The second-order valence-corrected chi connectivity index (χ2v) is 5.14. The molecule has 2 rings (SSSR count). The molecule has 1 heterocycles. The zero-order valence-electron chi connectivity index (χ0n) is 10.2. The second-order valence-electron chi connectivity index (χ2n) is 4.70. The minimum Gasteiger partial charge on any atom is -0.390 e. The van der Waals surface area contributed by atoms with Crippen molar-refractivity contribution in [3.05, 3.63) is 29.0 Å². The van der Waals surface area contributed by atoms with E-state index in [1.54, 1.807) is 6.07 Å². The van der Waals surface area contributed by atoms with Crippen LogP contribution in [0.1, 0.15) is 12.8 Å². The monoisotopic (exact) mass is 272 g/mol. The predicted octanol–water partition coefficient (Wildman–Crippen LogP) is 2.35. The summed E-state index contributed by atoms with van der Waals surface area (Å²) >= 11 is 5.75. The summed E-state index contributed by atoms with van der Waals surface area (Å²) in [4.78, 5) is 2.24. The lowest BCUT2D eigenvalue weighted by Gasteiger charge is -2.20. The van der Waals surface area contributed by atoms with Crippen molar-refractivity contribution >= 4 is 17.3 Å². The van der Waals surface area contributed by atoms with Crippen LogP contribution in [0.4, 0.5) is 10.1 Å². The van der Waals surface area contributed by atoms with Crippen molar-refractivity contribution in [2.75, 3.05) is 31.5 Å². The first kappa shape index (κ1) is 13.6. The molecule has 0 saturated carbocycles. The van der Waals surface area contributed by atoms with Crippen LogP contribution in [-0.2, 0) is 0 Å². The fourth-order valence-electron chi connectivity index (χ4n) is 2.22. The summed E-state index contributed by atoms with van der Waals surface area (Å²) in [5.74, 6) is -0.376. The smallest absolute Gasteiger partial charge is 0.126 e. The maximum atomic E-state index is 13.1. The van der Waals surface area contributed by atoms with Gasteiger partial charge in [-0.05, 0) is 44.1 Å². The number of hydrogen-bond donors (Lipinski definition) is 2. The first-order valence-corrected chi connectivity index (χ1v) is 6.61. The van der Waals surface area contributed by atoms with E-state index >= 15 is 0 Å². The number of aliphatic hydroxyl groups excluding tert-OH is 1. The number of likely N-dealkylation sites (tertiary alicyclic amines) is 1. The summed E-state index contributed by atoms with van der Waals surface area (Å²) in [5.41, 5.74) is 0.598. The van der Waals surface area contributed by atoms with Crippen molar-refractivity contribution < 1.29 is 9.50 Å². The molecule has 0 spiro atoms. The Hall–Kier alpha value is -0.840. The van der Waals surface area contributed by atoms with E-state index in [-0.39, 0.29) is 5.82 Å². The van der Waals surface area contributed by atoms with Crippen LogP contribution in [0.5, 0.6) is 0 Å². The normalized spacial score (nSPS) is 17.9. The van der Waals surface area contributed by atoms with Gasteiger partial charge in [-0.2, -0.15) is 0 Å². The highest BCUT2D eigenvalue weighted by Gasteiger charge is 2.15. The molecule has 1 aliphatic rings. The Balaban J connectivity index is 1.79. The van der Waals surface area contributed by atoms with E-state index in [9.17, 15) is 9.50 Å². The Labute approximate surface area is 112 Å². The van der Waals surface area contributed by atoms with Gasteiger partial charge in [0.2, 0.25) is 0 Å². The van der Waals surface area contributed by atoms with E-state index in [4.69, 9.17) is 11.6 Å². The largest absolute Gasteiger partial charge is 0.390 e. The third-order valence-electron chi connectivity index (χ3n) is 3.07. The minimum atomic E-state index is -0.454. The number of benzene rings is 1. The van der Waals surface area contributed by atoms with Gasteiger partial charge in [0.1, 0.15) is 5.82 Å². The van der Waals surface area contributed by atoms with Crippen LogP contribution in [0, 0.1) is 5.82 Å². The van der Waals surface area contributed by atoms with Crippen LogP contribution >= 0.6 is 11.6 Å². The summed E-state index contributed by atoms with van der Waals surface area (Å²) in [7, 11) is 0. The van der Waals surface area contributed by atoms with Gasteiger partial charge in [-0.15, -0.1) is 0 Å². The van der Waals surface area contributed by atoms with Crippen molar-refractivity contribution in [1.29, 1.82) is 0 Å². The van der Waals surface area contributed by atoms with Gasteiger partial charge < -0.3 is 15.3 Å². The Bertz CT molecular complexity index is 376. The molecule has 5 heteroatoms. The lowest BCUT2D eigenvalue weighted by Crippen LogP contribution is -2.34. The Morgan fingerprint density at radius 2 is 2.06 bits per heavy atom. The molecule has 0 radical (unpaired) electrons. The van der Waals surface area contributed by atoms with Crippen molar-refractivity contribution in [3.63, 3.8) is 0 Å². The zero-order chi connectivity index (χ0) is 13.0. The number of β-amino-alcohol motifs (C(OH)–C–C–N with tert-alkyl or cyclic N) is 1. The quantitative estimate of drug-likeness (QED) is 0.864. The van der Waals surface area contributed by atoms with Crippen LogP contribution < -0.4 is 5.32 Å². The van der Waals surface area contributed by atoms with E-state index < -0.39 is 6.10 Å². The fourth-order valence-corrected chi connectivity index (χ4v) is 2.44. The molecule has 3 nitrogen and oxygen atoms in total. The summed E-state index contributed by atoms with van der Waals surface area (Å²) < 4.78 is 13.1. The molecule has 1 saturated heterocycles. The second kappa shape index (κ2) is 6.36. The molecule has 18 heavy (non-hydrogen) atoms. The lowest BCUT2D eigenvalue weighted by molar-refractivity contribution is 0.135. The average Bonchev–Trinajstić information content (AvgIpc) is 2.78. The molecule has 1 atom stereocenters. The molecule has 0 amide bonds. The summed E-state index contributed by atoms with van der Waals surface area (Å²) in [6, 6.07) is 4.27. The number of halogens is 2. The molecular formula is C13H18ClFN2O. The van der Waals surface area contributed by atoms with Crippen LogP contribution in [0.3, 0.4) is 0 Å². The van der Waals surface area contributed by atoms with Gasteiger partial charge in [0.25, 0.3) is 0 Å². The molecule has 1 aromatic carbocycles. The summed E-state index contributed by atoms with van der Waals surface area (Å²) in [6.45, 7) is 3.18. The van der Waals surface area contributed by atoms with Gasteiger partial charge in [0, 0.05) is 23.8 Å². The van der Waals surface area contributed by atoms with Gasteiger partial charge >= 0.3 is 0 Å². The number of nitrogens with one attached hydrogen (secondary N) is 1. The molecule has 1 aliphatic heterocycles. The lowest BCUT2D eigenvalue weighted by atomic mass is 10.2. The summed E-state index contributed by atoms with van der Waals surface area (Å²) in [5, 5.41) is 13.2. The third kappa shape index (κ3) is 4.12. The molecule has 1 aromatic rings.